The second-order valence-electron chi connectivity index (χ2n) is 10.5. The lowest BCUT2D eigenvalue weighted by molar-refractivity contribution is -0.139. The lowest BCUT2D eigenvalue weighted by Gasteiger charge is -2.43. The summed E-state index contributed by atoms with van der Waals surface area (Å²) >= 11 is 12.9. The van der Waals surface area contributed by atoms with Gasteiger partial charge < -0.3 is 14.6 Å². The molecule has 0 aliphatic carbocycles. The van der Waals surface area contributed by atoms with Crippen LogP contribution in [0.15, 0.2) is 48.6 Å². The molecule has 3 rings (SSSR count). The number of ether oxygens (including phenoxy) is 2. The van der Waals surface area contributed by atoms with Crippen LogP contribution in [-0.4, -0.2) is 23.8 Å². The second-order valence-corrected chi connectivity index (χ2v) is 11.4. The van der Waals surface area contributed by atoms with Gasteiger partial charge in [-0.2, -0.15) is 0 Å². The molecule has 0 radical (unpaired) electrons. The standard InChI is InChI=1S/C29H36Cl2O4/c1-7-8-25-22(18-9-11-20(30)12-10-18)15-21(17(2)3)27(35-25)23-13-19(29(4,5)6)14-24(31)28(23)34-16-26(32)33/h9-14,21-22,25,27H,2,7-8,15-16H2,1,3-6H3,(H,32,33)/t21-,22-,25+,27+/m1/s1. The van der Waals surface area contributed by atoms with Gasteiger partial charge in [0.1, 0.15) is 5.75 Å². The van der Waals surface area contributed by atoms with Gasteiger partial charge in [-0.3, -0.25) is 0 Å². The van der Waals surface area contributed by atoms with Crippen LogP contribution in [0.4, 0.5) is 0 Å². The van der Waals surface area contributed by atoms with Crippen LogP contribution < -0.4 is 4.74 Å². The fourth-order valence-electron chi connectivity index (χ4n) is 4.84. The number of carbonyl (C=O) groups is 1. The van der Waals surface area contributed by atoms with Crippen molar-refractivity contribution in [1.82, 2.24) is 0 Å². The topological polar surface area (TPSA) is 55.8 Å². The van der Waals surface area contributed by atoms with Crippen LogP contribution >= 0.6 is 23.2 Å². The zero-order valence-corrected chi connectivity index (χ0v) is 22.7. The van der Waals surface area contributed by atoms with E-state index in [-0.39, 0.29) is 29.5 Å². The van der Waals surface area contributed by atoms with Gasteiger partial charge in [0.25, 0.3) is 0 Å². The molecule has 2 aromatic carbocycles. The second kappa shape index (κ2) is 11.4. The van der Waals surface area contributed by atoms with Gasteiger partial charge in [-0.25, -0.2) is 4.79 Å². The zero-order valence-electron chi connectivity index (χ0n) is 21.2. The highest BCUT2D eigenvalue weighted by atomic mass is 35.5. The molecule has 1 aliphatic heterocycles. The molecule has 1 heterocycles. The molecule has 35 heavy (non-hydrogen) atoms. The Bertz CT molecular complexity index is 1060. The SMILES string of the molecule is C=C(C)[C@H]1C[C@H](c2ccc(Cl)cc2)[C@H](CCC)O[C@@H]1c1cc(C(C)(C)C)cc(Cl)c1OCC(=O)O. The third-order valence-electron chi connectivity index (χ3n) is 6.73. The lowest BCUT2D eigenvalue weighted by atomic mass is 9.74. The summed E-state index contributed by atoms with van der Waals surface area (Å²) in [6.45, 7) is 14.4. The number of rotatable bonds is 8. The van der Waals surface area contributed by atoms with E-state index in [1.165, 1.54) is 5.56 Å². The van der Waals surface area contributed by atoms with Gasteiger partial charge >= 0.3 is 5.97 Å². The molecule has 4 nitrogen and oxygen atoms in total. The van der Waals surface area contributed by atoms with E-state index < -0.39 is 12.6 Å². The number of hydrogen-bond donors (Lipinski definition) is 1. The predicted molar refractivity (Wildman–Crippen MR) is 143 cm³/mol. The summed E-state index contributed by atoms with van der Waals surface area (Å²) in [5, 5.41) is 10.4. The Kier molecular flexibility index (Phi) is 8.96. The normalized spacial score (nSPS) is 22.6. The number of halogens is 2. The van der Waals surface area contributed by atoms with Gasteiger partial charge in [0.05, 0.1) is 17.2 Å². The van der Waals surface area contributed by atoms with Gasteiger partial charge in [0.2, 0.25) is 0 Å². The first kappa shape index (κ1) is 27.6. The van der Waals surface area contributed by atoms with E-state index in [1.54, 1.807) is 0 Å². The minimum Gasteiger partial charge on any atom is -0.480 e. The maximum atomic E-state index is 11.3. The Morgan fingerprint density at radius 1 is 1.20 bits per heavy atom. The van der Waals surface area contributed by atoms with Crippen LogP contribution in [0.2, 0.25) is 10.0 Å². The third kappa shape index (κ3) is 6.61. The molecular formula is C29H36Cl2O4. The highest BCUT2D eigenvalue weighted by Gasteiger charge is 2.41. The molecule has 1 fully saturated rings. The molecule has 0 spiro atoms. The first-order valence-corrected chi connectivity index (χ1v) is 12.9. The van der Waals surface area contributed by atoms with Crippen LogP contribution in [0, 0.1) is 5.92 Å². The molecule has 0 amide bonds. The molecule has 1 aliphatic rings. The van der Waals surface area contributed by atoms with E-state index in [4.69, 9.17) is 32.7 Å². The first-order valence-electron chi connectivity index (χ1n) is 12.2. The van der Waals surface area contributed by atoms with Gasteiger partial charge in [-0.05, 0) is 60.6 Å². The average Bonchev–Trinajstić information content (AvgIpc) is 2.77. The van der Waals surface area contributed by atoms with Gasteiger partial charge in [-0.1, -0.05) is 81.6 Å². The van der Waals surface area contributed by atoms with Crippen LogP contribution in [0.5, 0.6) is 5.75 Å². The fourth-order valence-corrected chi connectivity index (χ4v) is 5.24. The van der Waals surface area contributed by atoms with Crippen LogP contribution in [0.25, 0.3) is 0 Å². The maximum absolute atomic E-state index is 11.3. The Hall–Kier alpha value is -2.01. The van der Waals surface area contributed by atoms with Crippen LogP contribution in [0.3, 0.4) is 0 Å². The quantitative estimate of drug-likeness (QED) is 0.356. The number of hydrogen-bond acceptors (Lipinski definition) is 3. The zero-order chi connectivity index (χ0) is 25.9. The van der Waals surface area contributed by atoms with Gasteiger partial charge in [0.15, 0.2) is 6.61 Å². The molecule has 0 saturated carbocycles. The van der Waals surface area contributed by atoms with Crippen molar-refractivity contribution >= 4 is 29.2 Å². The highest BCUT2D eigenvalue weighted by molar-refractivity contribution is 6.32. The molecule has 0 aromatic heterocycles. The van der Waals surface area contributed by atoms with Gasteiger partial charge in [0, 0.05) is 22.4 Å². The third-order valence-corrected chi connectivity index (χ3v) is 7.27. The van der Waals surface area contributed by atoms with Crippen molar-refractivity contribution in [2.24, 2.45) is 5.92 Å². The number of carboxylic acid groups (broad SMARTS) is 1. The van der Waals surface area contributed by atoms with E-state index in [2.05, 4.69) is 52.5 Å². The minimum atomic E-state index is -1.06. The van der Waals surface area contributed by atoms with E-state index in [0.29, 0.717) is 15.8 Å². The highest BCUT2D eigenvalue weighted by Crippen LogP contribution is 2.51. The van der Waals surface area contributed by atoms with Crippen LogP contribution in [-0.2, 0) is 14.9 Å². The van der Waals surface area contributed by atoms with E-state index in [1.807, 2.05) is 25.1 Å². The van der Waals surface area contributed by atoms with Crippen molar-refractivity contribution in [1.29, 1.82) is 0 Å². The van der Waals surface area contributed by atoms with E-state index in [9.17, 15) is 9.90 Å². The molecule has 1 saturated heterocycles. The Labute approximate surface area is 219 Å². The monoisotopic (exact) mass is 518 g/mol. The van der Waals surface area contributed by atoms with E-state index >= 15 is 0 Å². The summed E-state index contributed by atoms with van der Waals surface area (Å²) in [4.78, 5) is 11.3. The summed E-state index contributed by atoms with van der Waals surface area (Å²) in [5.74, 6) is -0.491. The predicted octanol–water partition coefficient (Wildman–Crippen LogP) is 8.36. The van der Waals surface area contributed by atoms with E-state index in [0.717, 1.165) is 36.0 Å². The van der Waals surface area contributed by atoms with Crippen molar-refractivity contribution < 1.29 is 19.4 Å². The molecule has 6 heteroatoms. The average molecular weight is 520 g/mol. The van der Waals surface area contributed by atoms with Crippen molar-refractivity contribution in [3.05, 3.63) is 75.3 Å². The van der Waals surface area contributed by atoms with Crippen molar-refractivity contribution in [3.63, 3.8) is 0 Å². The Morgan fingerprint density at radius 2 is 1.86 bits per heavy atom. The largest absolute Gasteiger partial charge is 0.480 e. The molecule has 4 atom stereocenters. The molecule has 190 valence electrons. The maximum Gasteiger partial charge on any atom is 0.341 e. The minimum absolute atomic E-state index is 0.00208. The van der Waals surface area contributed by atoms with Gasteiger partial charge in [-0.15, -0.1) is 0 Å². The summed E-state index contributed by atoms with van der Waals surface area (Å²) in [7, 11) is 0. The van der Waals surface area contributed by atoms with Crippen molar-refractivity contribution in [2.45, 2.75) is 77.4 Å². The first-order chi connectivity index (χ1) is 16.4. The number of aliphatic carboxylic acids is 1. The van der Waals surface area contributed by atoms with Crippen molar-refractivity contribution in [3.8, 4) is 5.75 Å². The molecule has 2 aromatic rings. The molecular weight excluding hydrogens is 483 g/mol. The lowest BCUT2D eigenvalue weighted by Crippen LogP contribution is -2.36. The summed E-state index contributed by atoms with van der Waals surface area (Å²) in [5.41, 5.74) is 3.86. The molecule has 1 N–H and O–H groups in total. The van der Waals surface area contributed by atoms with Crippen molar-refractivity contribution in [2.75, 3.05) is 6.61 Å². The molecule has 0 unspecified atom stereocenters. The summed E-state index contributed by atoms with van der Waals surface area (Å²) < 4.78 is 12.6. The fraction of sp³-hybridized carbons (Fsp3) is 0.483. The Balaban J connectivity index is 2.12. The van der Waals surface area contributed by atoms with Crippen LogP contribution in [0.1, 0.15) is 82.6 Å². The smallest absolute Gasteiger partial charge is 0.341 e. The molecule has 0 bridgehead atoms. The number of carboxylic acids is 1. The Morgan fingerprint density at radius 3 is 2.40 bits per heavy atom. The summed E-state index contributed by atoms with van der Waals surface area (Å²) in [6, 6.07) is 11.9. The number of benzene rings is 2. The summed E-state index contributed by atoms with van der Waals surface area (Å²) in [6.07, 6.45) is 2.35.